The van der Waals surface area contributed by atoms with Crippen molar-refractivity contribution >= 4 is 11.8 Å². The number of amides is 2. The summed E-state index contributed by atoms with van der Waals surface area (Å²) in [6.45, 7) is -0.873. The molecule has 212 valence electrons. The van der Waals surface area contributed by atoms with E-state index in [2.05, 4.69) is 29.6 Å². The maximum absolute atomic E-state index is 13.2. The van der Waals surface area contributed by atoms with E-state index in [1.54, 1.807) is 0 Å². The Morgan fingerprint density at radius 3 is 1.85 bits per heavy atom. The Kier molecular flexibility index (Phi) is 5.87. The fourth-order valence-corrected chi connectivity index (χ4v) is 4.86. The Morgan fingerprint density at radius 2 is 1.32 bits per heavy atom. The lowest BCUT2D eigenvalue weighted by molar-refractivity contribution is -0.287. The minimum atomic E-state index is -3.77. The van der Waals surface area contributed by atoms with Crippen LogP contribution in [0.5, 0.6) is 34.5 Å². The number of fused-ring (bicyclic) bond motifs is 4. The number of benzene rings is 2. The van der Waals surface area contributed by atoms with Crippen LogP contribution in [0.25, 0.3) is 0 Å². The molecule has 1 atom stereocenters. The van der Waals surface area contributed by atoms with Crippen LogP contribution in [0.3, 0.4) is 0 Å². The molecule has 15 heteroatoms. The molecule has 0 spiro atoms. The van der Waals surface area contributed by atoms with Crippen LogP contribution in [-0.4, -0.2) is 54.4 Å². The van der Waals surface area contributed by atoms with Gasteiger partial charge >= 0.3 is 12.6 Å². The van der Waals surface area contributed by atoms with Crippen molar-refractivity contribution < 1.29 is 60.7 Å². The van der Waals surface area contributed by atoms with Crippen LogP contribution in [0, 0.1) is 0 Å². The lowest BCUT2D eigenvalue weighted by atomic mass is 9.62. The molecule has 5 aliphatic rings. The van der Waals surface area contributed by atoms with Gasteiger partial charge in [-0.05, 0) is 42.7 Å². The summed E-state index contributed by atoms with van der Waals surface area (Å²) in [5.41, 5.74) is 0.421. The number of aliphatic hydroxyl groups excluding tert-OH is 1. The van der Waals surface area contributed by atoms with Gasteiger partial charge in [-0.3, -0.25) is 9.59 Å². The van der Waals surface area contributed by atoms with E-state index in [-0.39, 0.29) is 40.9 Å². The van der Waals surface area contributed by atoms with E-state index in [1.807, 2.05) is 0 Å². The molecule has 0 saturated heterocycles. The molecule has 1 saturated carbocycles. The molecular formula is C25H20F4N2O9. The van der Waals surface area contributed by atoms with Crippen LogP contribution >= 0.6 is 0 Å². The van der Waals surface area contributed by atoms with E-state index in [4.69, 9.17) is 9.47 Å². The number of ether oxygens (including phenoxy) is 6. The van der Waals surface area contributed by atoms with Crippen molar-refractivity contribution in [2.75, 3.05) is 13.2 Å². The zero-order valence-corrected chi connectivity index (χ0v) is 20.3. The van der Waals surface area contributed by atoms with Crippen molar-refractivity contribution in [3.05, 3.63) is 47.7 Å². The second-order valence-electron chi connectivity index (χ2n) is 9.54. The Labute approximate surface area is 222 Å². The van der Waals surface area contributed by atoms with Crippen LogP contribution < -0.4 is 39.1 Å². The topological polar surface area (TPSA) is 134 Å². The molecule has 3 aliphatic carbocycles. The number of rotatable bonds is 8. The quantitative estimate of drug-likeness (QED) is 0.411. The molecule has 2 aromatic carbocycles. The average Bonchev–Trinajstić information content (AvgIpc) is 3.33. The van der Waals surface area contributed by atoms with Gasteiger partial charge in [0.2, 0.25) is 0 Å². The smallest absolute Gasteiger partial charge is 0.484 e. The first-order valence-corrected chi connectivity index (χ1v) is 11.9. The summed E-state index contributed by atoms with van der Waals surface area (Å²) in [6, 6.07) is 7.50. The third kappa shape index (κ3) is 4.99. The lowest BCUT2D eigenvalue weighted by Gasteiger charge is -2.52. The molecule has 0 unspecified atom stereocenters. The van der Waals surface area contributed by atoms with Crippen LogP contribution in [0.2, 0.25) is 0 Å². The van der Waals surface area contributed by atoms with Gasteiger partial charge in [0.1, 0.15) is 11.5 Å². The highest BCUT2D eigenvalue weighted by atomic mass is 19.3. The van der Waals surface area contributed by atoms with E-state index >= 15 is 0 Å². The predicted octanol–water partition coefficient (Wildman–Crippen LogP) is 2.57. The number of nitrogens with one attached hydrogen (secondary N) is 2. The first-order valence-electron chi connectivity index (χ1n) is 11.9. The van der Waals surface area contributed by atoms with E-state index in [0.29, 0.717) is 18.5 Å². The molecule has 2 aromatic rings. The van der Waals surface area contributed by atoms with Gasteiger partial charge in [0, 0.05) is 24.3 Å². The van der Waals surface area contributed by atoms with Gasteiger partial charge in [-0.1, -0.05) is 0 Å². The number of aliphatic hydroxyl groups is 1. The highest BCUT2D eigenvalue weighted by Gasteiger charge is 2.53. The SMILES string of the molecule is O=C(COc1ccc2c(c1)OC(F)(F)O2)NC1=C2CC(NC(=O)COc3ccc4c(c3)OC(F)(F)O4)(C2)[C@@H](O)C1. The number of carbonyl (C=O) groups is 2. The molecule has 3 N–H and O–H groups in total. The summed E-state index contributed by atoms with van der Waals surface area (Å²) in [7, 11) is 0. The van der Waals surface area contributed by atoms with Crippen LogP contribution in [0.1, 0.15) is 19.3 Å². The highest BCUT2D eigenvalue weighted by Crippen LogP contribution is 2.48. The van der Waals surface area contributed by atoms with Crippen molar-refractivity contribution in [3.63, 3.8) is 0 Å². The Bertz CT molecular complexity index is 1420. The summed E-state index contributed by atoms with van der Waals surface area (Å²) in [5.74, 6) is -1.60. The second-order valence-corrected chi connectivity index (χ2v) is 9.54. The zero-order chi connectivity index (χ0) is 28.3. The molecular weight excluding hydrogens is 548 g/mol. The molecule has 11 nitrogen and oxygen atoms in total. The van der Waals surface area contributed by atoms with E-state index in [1.165, 1.54) is 36.4 Å². The summed E-state index contributed by atoms with van der Waals surface area (Å²) in [6.07, 6.45) is -7.89. The third-order valence-electron chi connectivity index (χ3n) is 6.68. The van der Waals surface area contributed by atoms with E-state index < -0.39 is 49.3 Å². The summed E-state index contributed by atoms with van der Waals surface area (Å²) < 4.78 is 80.6. The van der Waals surface area contributed by atoms with Gasteiger partial charge < -0.3 is 44.2 Å². The second kappa shape index (κ2) is 9.08. The molecule has 7 rings (SSSR count). The number of hydrogen-bond donors (Lipinski definition) is 3. The van der Waals surface area contributed by atoms with Crippen molar-refractivity contribution in [3.8, 4) is 34.5 Å². The Balaban J connectivity index is 0.979. The molecule has 2 aliphatic heterocycles. The zero-order valence-electron chi connectivity index (χ0n) is 20.3. The largest absolute Gasteiger partial charge is 0.586 e. The van der Waals surface area contributed by atoms with Crippen molar-refractivity contribution in [1.82, 2.24) is 10.6 Å². The van der Waals surface area contributed by atoms with Crippen LogP contribution in [0.15, 0.2) is 47.7 Å². The molecule has 0 radical (unpaired) electrons. The van der Waals surface area contributed by atoms with Crippen LogP contribution in [-0.2, 0) is 9.59 Å². The van der Waals surface area contributed by atoms with Crippen LogP contribution in [0.4, 0.5) is 17.6 Å². The third-order valence-corrected chi connectivity index (χ3v) is 6.68. The van der Waals surface area contributed by atoms with Gasteiger partial charge in [0.25, 0.3) is 11.8 Å². The predicted molar refractivity (Wildman–Crippen MR) is 122 cm³/mol. The number of hydrogen-bond acceptors (Lipinski definition) is 9. The Morgan fingerprint density at radius 1 is 0.825 bits per heavy atom. The summed E-state index contributed by atoms with van der Waals surface area (Å²) in [4.78, 5) is 24.9. The molecule has 2 bridgehead atoms. The van der Waals surface area contributed by atoms with E-state index in [9.17, 15) is 32.3 Å². The molecule has 2 amide bonds. The van der Waals surface area contributed by atoms with Crippen molar-refractivity contribution in [1.29, 1.82) is 0 Å². The minimum absolute atomic E-state index is 0.0672. The molecule has 2 heterocycles. The Hall–Kier alpha value is -4.40. The van der Waals surface area contributed by atoms with Gasteiger partial charge in [-0.2, -0.15) is 0 Å². The fourth-order valence-electron chi connectivity index (χ4n) is 4.86. The average molecular weight is 568 g/mol. The minimum Gasteiger partial charge on any atom is -0.484 e. The molecule has 1 fully saturated rings. The first-order chi connectivity index (χ1) is 18.9. The van der Waals surface area contributed by atoms with Gasteiger partial charge in [0.05, 0.1) is 11.6 Å². The molecule has 40 heavy (non-hydrogen) atoms. The van der Waals surface area contributed by atoms with Crippen molar-refractivity contribution in [2.45, 2.75) is 43.5 Å². The van der Waals surface area contributed by atoms with Gasteiger partial charge in [0.15, 0.2) is 36.2 Å². The molecule has 0 aromatic heterocycles. The highest BCUT2D eigenvalue weighted by molar-refractivity contribution is 5.81. The fraction of sp³-hybridized carbons (Fsp3) is 0.360. The van der Waals surface area contributed by atoms with Gasteiger partial charge in [-0.25, -0.2) is 0 Å². The standard InChI is InChI=1S/C25H20F4N2O9/c26-24(27)37-16-3-1-13(5-18(16)39-24)35-10-21(33)30-15-7-20(32)23(8-12(15)9-23)31-22(34)11-36-14-2-4-17-19(6-14)40-25(28,29)38-17/h1-6,20,32H,7-11H2,(H,30,33)(H,31,34)/t20-/m0/s1. The number of halogens is 4. The first kappa shape index (κ1) is 25.9. The monoisotopic (exact) mass is 568 g/mol. The maximum Gasteiger partial charge on any atom is 0.586 e. The number of carbonyl (C=O) groups excluding carboxylic acids is 2. The lowest BCUT2D eigenvalue weighted by Crippen LogP contribution is -2.65. The van der Waals surface area contributed by atoms with E-state index in [0.717, 1.165) is 5.57 Å². The van der Waals surface area contributed by atoms with Gasteiger partial charge in [-0.15, -0.1) is 17.6 Å². The van der Waals surface area contributed by atoms with Crippen molar-refractivity contribution in [2.24, 2.45) is 0 Å². The number of alkyl halides is 4. The summed E-state index contributed by atoms with van der Waals surface area (Å²) in [5, 5.41) is 16.2. The maximum atomic E-state index is 13.2. The normalized spacial score (nSPS) is 24.2. The summed E-state index contributed by atoms with van der Waals surface area (Å²) >= 11 is 0.